The molecule has 68 valence electrons. The summed E-state index contributed by atoms with van der Waals surface area (Å²) in [7, 11) is -1.42. The van der Waals surface area contributed by atoms with Crippen molar-refractivity contribution in [1.82, 2.24) is 0 Å². The van der Waals surface area contributed by atoms with Crippen molar-refractivity contribution in [3.8, 4) is 5.75 Å². The first-order chi connectivity index (χ1) is 6.11. The van der Waals surface area contributed by atoms with Crippen LogP contribution in [0.25, 0.3) is 0 Å². The van der Waals surface area contributed by atoms with Gasteiger partial charge in [-0.05, 0) is 11.6 Å². The van der Waals surface area contributed by atoms with Crippen molar-refractivity contribution in [3.63, 3.8) is 0 Å². The van der Waals surface area contributed by atoms with Gasteiger partial charge in [0.15, 0.2) is 17.4 Å². The first-order valence-electron chi connectivity index (χ1n) is 3.60. The quantitative estimate of drug-likeness (QED) is 0.555. The van der Waals surface area contributed by atoms with Gasteiger partial charge in [-0.25, -0.2) is 8.78 Å². The minimum absolute atomic E-state index is 0.0510. The molecule has 0 atom stereocenters. The van der Waals surface area contributed by atoms with E-state index < -0.39 is 24.5 Å². The summed E-state index contributed by atoms with van der Waals surface area (Å²) in [5.41, 5.74) is 0.0409. The van der Waals surface area contributed by atoms with Crippen LogP contribution in [-0.4, -0.2) is 17.2 Å². The normalized spacial score (nSPS) is 14.8. The third-order valence-corrected chi connectivity index (χ3v) is 1.96. The van der Waals surface area contributed by atoms with E-state index >= 15 is 0 Å². The Bertz CT molecular complexity index is 369. The van der Waals surface area contributed by atoms with Gasteiger partial charge in [0, 0.05) is 5.46 Å². The van der Waals surface area contributed by atoms with Crippen LogP contribution in [0.2, 0.25) is 0 Å². The van der Waals surface area contributed by atoms with E-state index in [4.69, 9.17) is 10.1 Å². The fraction of sp³-hybridized carbons (Fsp3) is 0.143. The van der Waals surface area contributed by atoms with Crippen LogP contribution in [0.1, 0.15) is 5.56 Å². The molecule has 1 heterocycles. The van der Waals surface area contributed by atoms with Gasteiger partial charge in [0.1, 0.15) is 0 Å². The molecule has 6 heteroatoms. The van der Waals surface area contributed by atoms with Gasteiger partial charge in [-0.3, -0.25) is 0 Å². The van der Waals surface area contributed by atoms with Crippen molar-refractivity contribution in [1.29, 1.82) is 0 Å². The maximum atomic E-state index is 13.1. The number of hydrogen-bond acceptors (Lipinski definition) is 3. The summed E-state index contributed by atoms with van der Waals surface area (Å²) in [5, 5.41) is 18.0. The van der Waals surface area contributed by atoms with Crippen molar-refractivity contribution in [2.75, 3.05) is 0 Å². The smallest absolute Gasteiger partial charge is 0.494 e. The largest absolute Gasteiger partial charge is 0.503 e. The summed E-state index contributed by atoms with van der Waals surface area (Å²) in [6.45, 7) is -0.0510. The molecular formula is C7H5BF2O3. The number of benzene rings is 1. The molecule has 1 aromatic rings. The molecule has 13 heavy (non-hydrogen) atoms. The Morgan fingerprint density at radius 2 is 2.15 bits per heavy atom. The summed E-state index contributed by atoms with van der Waals surface area (Å²) in [5.74, 6) is -3.28. The van der Waals surface area contributed by atoms with Crippen LogP contribution >= 0.6 is 0 Å². The first kappa shape index (κ1) is 8.46. The van der Waals surface area contributed by atoms with Crippen molar-refractivity contribution in [3.05, 3.63) is 23.3 Å². The Labute approximate surface area is 72.7 Å². The first-order valence-corrected chi connectivity index (χ1v) is 3.60. The van der Waals surface area contributed by atoms with E-state index in [0.717, 1.165) is 6.07 Å². The van der Waals surface area contributed by atoms with Gasteiger partial charge in [0.05, 0.1) is 6.61 Å². The van der Waals surface area contributed by atoms with Gasteiger partial charge in [0.2, 0.25) is 0 Å². The molecule has 0 amide bonds. The van der Waals surface area contributed by atoms with E-state index in [-0.39, 0.29) is 17.6 Å². The molecule has 1 aliphatic heterocycles. The summed E-state index contributed by atoms with van der Waals surface area (Å²) in [4.78, 5) is 0. The van der Waals surface area contributed by atoms with E-state index in [0.29, 0.717) is 0 Å². The molecule has 0 spiro atoms. The highest BCUT2D eigenvalue weighted by molar-refractivity contribution is 6.61. The Balaban J connectivity index is 2.68. The molecule has 3 nitrogen and oxygen atoms in total. The molecular weight excluding hydrogens is 181 g/mol. The molecule has 1 aliphatic rings. The summed E-state index contributed by atoms with van der Waals surface area (Å²) < 4.78 is 30.5. The molecule has 0 saturated heterocycles. The number of halogens is 2. The third-order valence-electron chi connectivity index (χ3n) is 1.96. The average molecular weight is 186 g/mol. The van der Waals surface area contributed by atoms with Crippen molar-refractivity contribution < 1.29 is 23.6 Å². The van der Waals surface area contributed by atoms with Crippen molar-refractivity contribution in [2.24, 2.45) is 0 Å². The second kappa shape index (κ2) is 2.68. The minimum Gasteiger partial charge on any atom is -0.503 e. The van der Waals surface area contributed by atoms with Gasteiger partial charge in [0.25, 0.3) is 0 Å². The number of aromatic hydroxyl groups is 1. The highest BCUT2D eigenvalue weighted by Gasteiger charge is 2.33. The SMILES string of the molecule is OB1OCc2cc(F)c(O)c(F)c21. The number of rotatable bonds is 0. The highest BCUT2D eigenvalue weighted by atomic mass is 19.1. The maximum Gasteiger partial charge on any atom is 0.494 e. The Hall–Kier alpha value is -1.14. The lowest BCUT2D eigenvalue weighted by molar-refractivity contribution is 0.275. The highest BCUT2D eigenvalue weighted by Crippen LogP contribution is 2.23. The van der Waals surface area contributed by atoms with Gasteiger partial charge in [-0.15, -0.1) is 0 Å². The zero-order chi connectivity index (χ0) is 9.59. The lowest BCUT2D eigenvalue weighted by Crippen LogP contribution is -2.31. The third kappa shape index (κ3) is 1.10. The lowest BCUT2D eigenvalue weighted by Gasteiger charge is -2.03. The number of fused-ring (bicyclic) bond motifs is 1. The molecule has 0 bridgehead atoms. The monoisotopic (exact) mass is 186 g/mol. The summed E-state index contributed by atoms with van der Waals surface area (Å²) >= 11 is 0. The number of phenolic OH excluding ortho intramolecular Hbond substituents is 1. The number of hydrogen-bond donors (Lipinski definition) is 2. The second-order valence-corrected chi connectivity index (χ2v) is 2.76. The van der Waals surface area contributed by atoms with Gasteiger partial charge < -0.3 is 14.8 Å². The van der Waals surface area contributed by atoms with Crippen molar-refractivity contribution >= 4 is 12.6 Å². The molecule has 0 aromatic heterocycles. The van der Waals surface area contributed by atoms with Gasteiger partial charge >= 0.3 is 7.12 Å². The fourth-order valence-electron chi connectivity index (χ4n) is 1.31. The van der Waals surface area contributed by atoms with Gasteiger partial charge in [-0.2, -0.15) is 0 Å². The van der Waals surface area contributed by atoms with Gasteiger partial charge in [-0.1, -0.05) is 0 Å². The van der Waals surface area contributed by atoms with Crippen molar-refractivity contribution in [2.45, 2.75) is 6.61 Å². The molecule has 2 N–H and O–H groups in total. The number of phenols is 1. The predicted molar refractivity (Wildman–Crippen MR) is 40.4 cm³/mol. The predicted octanol–water partition coefficient (Wildman–Crippen LogP) is -0.112. The second-order valence-electron chi connectivity index (χ2n) is 2.76. The van der Waals surface area contributed by atoms with Crippen LogP contribution in [0.15, 0.2) is 6.07 Å². The molecule has 1 aromatic carbocycles. The van der Waals surface area contributed by atoms with E-state index in [2.05, 4.69) is 4.65 Å². The topological polar surface area (TPSA) is 49.7 Å². The van der Waals surface area contributed by atoms with E-state index in [1.807, 2.05) is 0 Å². The zero-order valence-electron chi connectivity index (χ0n) is 6.42. The van der Waals surface area contributed by atoms with E-state index in [1.165, 1.54) is 0 Å². The van der Waals surface area contributed by atoms with E-state index in [9.17, 15) is 8.78 Å². The minimum atomic E-state index is -1.42. The lowest BCUT2D eigenvalue weighted by atomic mass is 9.79. The van der Waals surface area contributed by atoms with Crippen LogP contribution in [0, 0.1) is 11.6 Å². The van der Waals surface area contributed by atoms with Crippen LogP contribution < -0.4 is 5.46 Å². The van der Waals surface area contributed by atoms with Crippen LogP contribution in [0.3, 0.4) is 0 Å². The zero-order valence-corrected chi connectivity index (χ0v) is 6.42. The Morgan fingerprint density at radius 1 is 1.46 bits per heavy atom. The van der Waals surface area contributed by atoms with E-state index in [1.54, 1.807) is 0 Å². The average Bonchev–Trinajstić information content (AvgIpc) is 2.43. The molecule has 0 saturated carbocycles. The van der Waals surface area contributed by atoms with Crippen LogP contribution in [0.4, 0.5) is 8.78 Å². The molecule has 0 fully saturated rings. The molecule has 2 rings (SSSR count). The van der Waals surface area contributed by atoms with Crippen LogP contribution in [-0.2, 0) is 11.3 Å². The molecule has 0 radical (unpaired) electrons. The maximum absolute atomic E-state index is 13.1. The standard InChI is InChI=1S/C7H5BF2O3/c9-4-1-3-2-13-8(12)5(3)6(10)7(4)11/h1,11-12H,2H2. The Morgan fingerprint density at radius 3 is 2.85 bits per heavy atom. The summed E-state index contributed by atoms with van der Waals surface area (Å²) in [6.07, 6.45) is 0. The fourth-order valence-corrected chi connectivity index (χ4v) is 1.31. The Kier molecular flexibility index (Phi) is 1.74. The molecule has 0 unspecified atom stereocenters. The molecule has 0 aliphatic carbocycles. The van der Waals surface area contributed by atoms with Crippen LogP contribution in [0.5, 0.6) is 5.75 Å². The summed E-state index contributed by atoms with van der Waals surface area (Å²) in [6, 6.07) is 0.948.